The molecule has 6 rings (SSSR count). The molecule has 0 saturated carbocycles. The fraction of sp³-hybridized carbons (Fsp3) is 0.0769. The summed E-state index contributed by atoms with van der Waals surface area (Å²) < 4.78 is 37.2. The summed E-state index contributed by atoms with van der Waals surface area (Å²) in [6.45, 7) is -0.411. The van der Waals surface area contributed by atoms with Crippen molar-refractivity contribution in [1.82, 2.24) is 50.5 Å². The molecule has 4 heterocycles. The molecule has 2 aromatic carbocycles. The van der Waals surface area contributed by atoms with Gasteiger partial charge in [0.1, 0.15) is 5.82 Å². The molecule has 236 valence electrons. The van der Waals surface area contributed by atoms with Crippen LogP contribution in [0.25, 0.3) is 11.3 Å². The summed E-state index contributed by atoms with van der Waals surface area (Å²) in [7, 11) is 0. The summed E-state index contributed by atoms with van der Waals surface area (Å²) in [6, 6.07) is 8.67. The molecule has 0 bridgehead atoms. The van der Waals surface area contributed by atoms with Gasteiger partial charge in [0, 0.05) is 12.5 Å². The fourth-order valence-electron chi connectivity index (χ4n) is 4.22. The molecule has 0 radical (unpaired) electrons. The normalized spacial score (nSPS) is 11.0. The first-order valence-corrected chi connectivity index (χ1v) is 13.1. The van der Waals surface area contributed by atoms with Gasteiger partial charge in [-0.1, -0.05) is 0 Å². The van der Waals surface area contributed by atoms with Gasteiger partial charge in [-0.15, -0.1) is 29.7 Å². The molecule has 0 aliphatic rings. The quantitative estimate of drug-likeness (QED) is 0.163. The minimum atomic E-state index is -1.56. The average molecular weight is 646 g/mol. The Balaban J connectivity index is 1.17. The van der Waals surface area contributed by atoms with Crippen LogP contribution in [0.4, 0.5) is 20.2 Å². The topological polar surface area (TPSA) is 254 Å². The Kier molecular flexibility index (Phi) is 7.75. The lowest BCUT2D eigenvalue weighted by molar-refractivity contribution is 0.0686. The highest BCUT2D eigenvalue weighted by Crippen LogP contribution is 2.28. The number of halogens is 2. The van der Waals surface area contributed by atoms with E-state index in [4.69, 9.17) is 4.74 Å². The summed E-state index contributed by atoms with van der Waals surface area (Å²) in [6.07, 6.45) is -0.282. The minimum Gasteiger partial charge on any atom is -0.490 e. The Hall–Kier alpha value is -7.06. The van der Waals surface area contributed by atoms with E-state index >= 15 is 4.39 Å². The number of hydrogen-bond acceptors (Lipinski definition) is 13. The van der Waals surface area contributed by atoms with E-state index in [-0.39, 0.29) is 46.0 Å². The number of carbonyl (C=O) groups is 4. The van der Waals surface area contributed by atoms with Crippen molar-refractivity contribution < 1.29 is 42.9 Å². The number of carbonyl (C=O) groups excluding carboxylic acids is 2. The Morgan fingerprint density at radius 3 is 1.81 bits per heavy atom. The molecule has 0 spiro atoms. The zero-order chi connectivity index (χ0) is 33.2. The number of carboxylic acid groups (broad SMARTS) is 2. The summed E-state index contributed by atoms with van der Waals surface area (Å²) in [5.74, 6) is -7.30. The number of rotatable bonds is 10. The van der Waals surface area contributed by atoms with Gasteiger partial charge >= 0.3 is 11.9 Å². The van der Waals surface area contributed by atoms with Crippen LogP contribution in [-0.4, -0.2) is 91.1 Å². The Labute approximate surface area is 257 Å². The number of carboxylic acids is 2. The maximum Gasteiger partial charge on any atom is 0.337 e. The second-order valence-electron chi connectivity index (χ2n) is 9.42. The van der Waals surface area contributed by atoms with Gasteiger partial charge in [0.05, 0.1) is 29.1 Å². The molecule has 0 atom stereocenters. The number of hydrogen-bond donors (Lipinski definition) is 4. The van der Waals surface area contributed by atoms with E-state index in [2.05, 4.69) is 51.9 Å². The lowest BCUT2D eigenvalue weighted by Crippen LogP contribution is -2.18. The monoisotopic (exact) mass is 646 g/mol. The highest BCUT2D eigenvalue weighted by Gasteiger charge is 2.22. The maximum absolute atomic E-state index is 15.1. The van der Waals surface area contributed by atoms with Gasteiger partial charge < -0.3 is 25.6 Å². The van der Waals surface area contributed by atoms with Gasteiger partial charge in [-0.2, -0.15) is 0 Å². The van der Waals surface area contributed by atoms with E-state index in [1.54, 1.807) is 0 Å². The molecular formula is C26H16F2N12O7. The van der Waals surface area contributed by atoms with Gasteiger partial charge in [0.2, 0.25) is 0 Å². The van der Waals surface area contributed by atoms with E-state index in [0.717, 1.165) is 27.5 Å². The molecule has 47 heavy (non-hydrogen) atoms. The molecule has 0 aliphatic heterocycles. The van der Waals surface area contributed by atoms with Crippen LogP contribution in [0, 0.1) is 11.6 Å². The zero-order valence-electron chi connectivity index (χ0n) is 23.2. The van der Waals surface area contributed by atoms with E-state index in [1.165, 1.54) is 24.3 Å². The lowest BCUT2D eigenvalue weighted by Gasteiger charge is -2.14. The van der Waals surface area contributed by atoms with Gasteiger partial charge in [-0.25, -0.2) is 18.4 Å². The van der Waals surface area contributed by atoms with E-state index < -0.39 is 58.9 Å². The zero-order valence-corrected chi connectivity index (χ0v) is 23.2. The van der Waals surface area contributed by atoms with E-state index in [0.29, 0.717) is 6.07 Å². The minimum absolute atomic E-state index is 0.159. The largest absolute Gasteiger partial charge is 0.490 e. The Bertz CT molecular complexity index is 2240. The van der Waals surface area contributed by atoms with Crippen LogP contribution in [0.15, 0.2) is 48.5 Å². The highest BCUT2D eigenvalue weighted by molar-refractivity contribution is 6.07. The molecule has 0 saturated heterocycles. The molecule has 0 unspecified atom stereocenters. The predicted octanol–water partition coefficient (Wildman–Crippen LogP) is 1.15. The third-order valence-corrected chi connectivity index (χ3v) is 6.45. The first-order valence-electron chi connectivity index (χ1n) is 13.1. The molecular weight excluding hydrogens is 630 g/mol. The molecule has 21 heteroatoms. The van der Waals surface area contributed by atoms with Crippen molar-refractivity contribution in [3.8, 4) is 5.75 Å². The van der Waals surface area contributed by atoms with Crippen LogP contribution in [0.3, 0.4) is 0 Å². The SMILES string of the molecule is O=C(Nc1cc(OCCc2cc(C(=O)O)c(NC(=O)c3ccc4nnnn4n3)cc2F)c(F)cc1C(=O)O)c1ccc2nnnn2n1. The molecule has 4 aromatic heterocycles. The second kappa shape index (κ2) is 12.1. The maximum atomic E-state index is 15.1. The lowest BCUT2D eigenvalue weighted by atomic mass is 10.0. The van der Waals surface area contributed by atoms with Crippen LogP contribution in [0.2, 0.25) is 0 Å². The van der Waals surface area contributed by atoms with Crippen molar-refractivity contribution in [2.45, 2.75) is 6.42 Å². The van der Waals surface area contributed by atoms with Crippen LogP contribution in [-0.2, 0) is 6.42 Å². The summed E-state index contributed by atoms with van der Waals surface area (Å²) in [5.41, 5.74) is -1.82. The van der Waals surface area contributed by atoms with Crippen molar-refractivity contribution in [2.24, 2.45) is 0 Å². The number of aromatic carboxylic acids is 2. The Morgan fingerprint density at radius 1 is 0.723 bits per heavy atom. The summed E-state index contributed by atoms with van der Waals surface area (Å²) in [5, 5.41) is 52.9. The highest BCUT2D eigenvalue weighted by atomic mass is 19.1. The second-order valence-corrected chi connectivity index (χ2v) is 9.42. The number of nitrogens with zero attached hydrogens (tertiary/aromatic N) is 10. The van der Waals surface area contributed by atoms with Crippen LogP contribution in [0.5, 0.6) is 5.75 Å². The molecule has 6 aromatic rings. The summed E-state index contributed by atoms with van der Waals surface area (Å²) >= 11 is 0. The van der Waals surface area contributed by atoms with Crippen LogP contribution in [0.1, 0.15) is 47.3 Å². The molecule has 0 fully saturated rings. The van der Waals surface area contributed by atoms with Gasteiger partial charge in [0.25, 0.3) is 11.8 Å². The van der Waals surface area contributed by atoms with Crippen molar-refractivity contribution in [3.05, 3.63) is 88.2 Å². The number of anilines is 2. The van der Waals surface area contributed by atoms with Crippen molar-refractivity contribution in [3.63, 3.8) is 0 Å². The smallest absolute Gasteiger partial charge is 0.337 e. The van der Waals surface area contributed by atoms with E-state index in [9.17, 15) is 33.8 Å². The number of amides is 2. The first-order chi connectivity index (χ1) is 22.6. The van der Waals surface area contributed by atoms with Crippen LogP contribution < -0.4 is 15.4 Å². The third-order valence-electron chi connectivity index (χ3n) is 6.45. The number of nitrogens with one attached hydrogen (secondary N) is 2. The van der Waals surface area contributed by atoms with Crippen molar-refractivity contribution in [2.75, 3.05) is 17.2 Å². The number of aromatic nitrogens is 10. The molecule has 19 nitrogen and oxygen atoms in total. The van der Waals surface area contributed by atoms with Gasteiger partial charge in [-0.3, -0.25) is 9.59 Å². The van der Waals surface area contributed by atoms with E-state index in [1.807, 2.05) is 0 Å². The average Bonchev–Trinajstić information content (AvgIpc) is 3.71. The summed E-state index contributed by atoms with van der Waals surface area (Å²) in [4.78, 5) is 49.2. The Morgan fingerprint density at radius 2 is 1.26 bits per heavy atom. The van der Waals surface area contributed by atoms with Crippen molar-refractivity contribution >= 4 is 46.4 Å². The number of tetrazole rings is 2. The van der Waals surface area contributed by atoms with Gasteiger partial charge in [0.15, 0.2) is 34.2 Å². The fourth-order valence-corrected chi connectivity index (χ4v) is 4.22. The molecule has 2 amide bonds. The first kappa shape index (κ1) is 30.0. The number of benzene rings is 2. The van der Waals surface area contributed by atoms with Crippen molar-refractivity contribution in [1.29, 1.82) is 0 Å². The predicted molar refractivity (Wildman–Crippen MR) is 149 cm³/mol. The molecule has 0 aliphatic carbocycles. The number of fused-ring (bicyclic) bond motifs is 2. The van der Waals surface area contributed by atoms with Gasteiger partial charge in [-0.05, 0) is 68.9 Å². The standard InChI is InChI=1S/C26H16F2N12O7/c27-14-9-18(29-23(41)16-1-3-21-31-35-37-39(21)33-16)12(25(43)44)7-11(14)5-6-47-20-10-19(13(26(45)46)8-15(20)28)30-24(42)17-2-4-22-32-36-38-40(22)34-17/h1-4,7-10H,5-6H2,(H,29,41)(H,30,42)(H,43,44)(H,45,46). The number of ether oxygens (including phenoxy) is 1. The molecule has 4 N–H and O–H groups in total. The van der Waals surface area contributed by atoms with Crippen LogP contribution >= 0.6 is 0 Å². The third kappa shape index (κ3) is 6.15.